The second-order valence-corrected chi connectivity index (χ2v) is 8.60. The van der Waals surface area contributed by atoms with Gasteiger partial charge in [-0.1, -0.05) is 27.2 Å². The van der Waals surface area contributed by atoms with Crippen LogP contribution < -0.4 is 0 Å². The molecule has 3 heterocycles. The molecule has 3 aromatic rings. The second kappa shape index (κ2) is 8.98. The van der Waals surface area contributed by atoms with Crippen molar-refractivity contribution in [1.82, 2.24) is 19.9 Å². The maximum absolute atomic E-state index is 12.6. The number of amides is 1. The Morgan fingerprint density at radius 1 is 1.14 bits per heavy atom. The summed E-state index contributed by atoms with van der Waals surface area (Å²) in [6.45, 7) is 4.28. The zero-order chi connectivity index (χ0) is 19.3. The van der Waals surface area contributed by atoms with Crippen LogP contribution in [0.25, 0.3) is 10.7 Å². The number of carbonyl (C=O) groups is 1. The Morgan fingerprint density at radius 3 is 2.64 bits per heavy atom. The van der Waals surface area contributed by atoms with Crippen LogP contribution in [0.4, 0.5) is 0 Å². The van der Waals surface area contributed by atoms with Crippen molar-refractivity contribution in [3.8, 4) is 10.7 Å². The zero-order valence-electron chi connectivity index (χ0n) is 15.4. The Balaban J connectivity index is 1.21. The summed E-state index contributed by atoms with van der Waals surface area (Å²) in [5.74, 6) is 1.47. The van der Waals surface area contributed by atoms with Gasteiger partial charge in [-0.15, -0.1) is 11.3 Å². The summed E-state index contributed by atoms with van der Waals surface area (Å²) in [6, 6.07) is 11.5. The molecule has 1 aliphatic heterocycles. The van der Waals surface area contributed by atoms with Crippen molar-refractivity contribution < 1.29 is 9.32 Å². The van der Waals surface area contributed by atoms with E-state index >= 15 is 0 Å². The monoisotopic (exact) mass is 460 g/mol. The number of halogens is 1. The molecule has 6 nitrogen and oxygen atoms in total. The summed E-state index contributed by atoms with van der Waals surface area (Å²) in [7, 11) is 0. The van der Waals surface area contributed by atoms with Crippen LogP contribution in [0.15, 0.2) is 50.8 Å². The molecule has 0 aliphatic carbocycles. The lowest BCUT2D eigenvalue weighted by atomic mass is 10.2. The molecule has 0 N–H and O–H groups in total. The SMILES string of the molecule is O=C(c1ccc(Br)cc1)N1CCN(CCCc2nc(-c3cccs3)no2)CC1. The Labute approximate surface area is 176 Å². The Bertz CT molecular complexity index is 903. The van der Waals surface area contributed by atoms with Crippen molar-refractivity contribution in [2.75, 3.05) is 32.7 Å². The van der Waals surface area contributed by atoms with Gasteiger partial charge in [0.15, 0.2) is 0 Å². The number of aryl methyl sites for hydroxylation is 1. The summed E-state index contributed by atoms with van der Waals surface area (Å²) >= 11 is 5.01. The number of benzene rings is 1. The van der Waals surface area contributed by atoms with E-state index < -0.39 is 0 Å². The molecular formula is C20H21BrN4O2S. The minimum Gasteiger partial charge on any atom is -0.339 e. The van der Waals surface area contributed by atoms with Crippen molar-refractivity contribution in [3.05, 3.63) is 57.7 Å². The van der Waals surface area contributed by atoms with Crippen LogP contribution in [0.2, 0.25) is 0 Å². The third-order valence-corrected chi connectivity index (χ3v) is 6.22. The molecule has 146 valence electrons. The van der Waals surface area contributed by atoms with E-state index in [0.29, 0.717) is 11.7 Å². The van der Waals surface area contributed by atoms with Crippen molar-refractivity contribution in [2.24, 2.45) is 0 Å². The highest BCUT2D eigenvalue weighted by atomic mass is 79.9. The third-order valence-electron chi connectivity index (χ3n) is 4.83. The van der Waals surface area contributed by atoms with Crippen molar-refractivity contribution in [1.29, 1.82) is 0 Å². The molecule has 2 aromatic heterocycles. The number of carbonyl (C=O) groups excluding carboxylic acids is 1. The quantitative estimate of drug-likeness (QED) is 0.557. The van der Waals surface area contributed by atoms with E-state index in [2.05, 4.69) is 31.0 Å². The first-order chi connectivity index (χ1) is 13.7. The van der Waals surface area contributed by atoms with Gasteiger partial charge in [0.2, 0.25) is 11.7 Å². The predicted octanol–water partition coefficient (Wildman–Crippen LogP) is 3.95. The van der Waals surface area contributed by atoms with Gasteiger partial charge in [-0.2, -0.15) is 4.98 Å². The Hall–Kier alpha value is -2.03. The molecular weight excluding hydrogens is 440 g/mol. The Morgan fingerprint density at radius 2 is 1.93 bits per heavy atom. The molecule has 28 heavy (non-hydrogen) atoms. The summed E-state index contributed by atoms with van der Waals surface area (Å²) in [6.07, 6.45) is 1.74. The highest BCUT2D eigenvalue weighted by molar-refractivity contribution is 9.10. The number of hydrogen-bond donors (Lipinski definition) is 0. The normalized spacial score (nSPS) is 15.1. The number of thiophene rings is 1. The molecule has 0 radical (unpaired) electrons. The van der Waals surface area contributed by atoms with E-state index in [1.165, 1.54) is 0 Å². The number of hydrogen-bond acceptors (Lipinski definition) is 6. The third kappa shape index (κ3) is 4.68. The maximum atomic E-state index is 12.6. The number of nitrogens with zero attached hydrogens (tertiary/aromatic N) is 4. The van der Waals surface area contributed by atoms with Crippen molar-refractivity contribution >= 4 is 33.2 Å². The zero-order valence-corrected chi connectivity index (χ0v) is 17.8. The fraction of sp³-hybridized carbons (Fsp3) is 0.350. The standard InChI is InChI=1S/C20H21BrN4O2S/c21-16-7-5-15(6-8-16)20(26)25-12-10-24(11-13-25)9-1-4-18-22-19(23-27-18)17-3-2-14-28-17/h2-3,5-8,14H,1,4,9-13H2. The Kier molecular flexibility index (Phi) is 6.19. The molecule has 0 spiro atoms. The van der Waals surface area contributed by atoms with Gasteiger partial charge in [-0.3, -0.25) is 9.69 Å². The molecule has 1 fully saturated rings. The lowest BCUT2D eigenvalue weighted by Gasteiger charge is -2.34. The first kappa shape index (κ1) is 19.3. The van der Waals surface area contributed by atoms with Gasteiger partial charge in [-0.05, 0) is 48.7 Å². The summed E-state index contributed by atoms with van der Waals surface area (Å²) in [5.41, 5.74) is 0.745. The van der Waals surface area contributed by atoms with Crippen LogP contribution in [0.5, 0.6) is 0 Å². The van der Waals surface area contributed by atoms with Crippen LogP contribution in [0.3, 0.4) is 0 Å². The maximum Gasteiger partial charge on any atom is 0.253 e. The molecule has 1 aliphatic rings. The topological polar surface area (TPSA) is 62.5 Å². The summed E-state index contributed by atoms with van der Waals surface area (Å²) < 4.78 is 6.34. The largest absolute Gasteiger partial charge is 0.339 e. The summed E-state index contributed by atoms with van der Waals surface area (Å²) in [5, 5.41) is 6.06. The first-order valence-corrected chi connectivity index (χ1v) is 11.0. The molecule has 0 bridgehead atoms. The fourth-order valence-corrected chi connectivity index (χ4v) is 4.18. The first-order valence-electron chi connectivity index (χ1n) is 9.33. The van der Waals surface area contributed by atoms with Gasteiger partial charge in [0.25, 0.3) is 5.91 Å². The van der Waals surface area contributed by atoms with E-state index in [1.54, 1.807) is 11.3 Å². The van der Waals surface area contributed by atoms with E-state index in [4.69, 9.17) is 4.52 Å². The van der Waals surface area contributed by atoms with E-state index in [1.807, 2.05) is 46.7 Å². The average Bonchev–Trinajstić information content (AvgIpc) is 3.40. The highest BCUT2D eigenvalue weighted by Gasteiger charge is 2.22. The van der Waals surface area contributed by atoms with E-state index in [9.17, 15) is 4.79 Å². The fourth-order valence-electron chi connectivity index (χ4n) is 3.27. The molecule has 4 rings (SSSR count). The highest BCUT2D eigenvalue weighted by Crippen LogP contribution is 2.21. The molecule has 0 unspecified atom stereocenters. The van der Waals surface area contributed by atoms with E-state index in [0.717, 1.165) is 60.5 Å². The number of aromatic nitrogens is 2. The van der Waals surface area contributed by atoms with Gasteiger partial charge < -0.3 is 9.42 Å². The van der Waals surface area contributed by atoms with Crippen molar-refractivity contribution in [3.63, 3.8) is 0 Å². The lowest BCUT2D eigenvalue weighted by molar-refractivity contribution is 0.0635. The van der Waals surface area contributed by atoms with Gasteiger partial charge in [0.05, 0.1) is 4.88 Å². The van der Waals surface area contributed by atoms with Crippen LogP contribution in [0, 0.1) is 0 Å². The van der Waals surface area contributed by atoms with Crippen molar-refractivity contribution in [2.45, 2.75) is 12.8 Å². The van der Waals surface area contributed by atoms with Crippen LogP contribution in [0.1, 0.15) is 22.7 Å². The smallest absolute Gasteiger partial charge is 0.253 e. The predicted molar refractivity (Wildman–Crippen MR) is 112 cm³/mol. The van der Waals surface area contributed by atoms with Gasteiger partial charge >= 0.3 is 0 Å². The minimum absolute atomic E-state index is 0.110. The molecule has 8 heteroatoms. The van der Waals surface area contributed by atoms with Gasteiger partial charge in [-0.25, -0.2) is 0 Å². The number of rotatable bonds is 6. The molecule has 0 atom stereocenters. The second-order valence-electron chi connectivity index (χ2n) is 6.73. The summed E-state index contributed by atoms with van der Waals surface area (Å²) in [4.78, 5) is 22.4. The van der Waals surface area contributed by atoms with Gasteiger partial charge in [0.1, 0.15) is 0 Å². The van der Waals surface area contributed by atoms with Crippen LogP contribution in [-0.2, 0) is 6.42 Å². The van der Waals surface area contributed by atoms with Gasteiger partial charge in [0, 0.05) is 42.6 Å². The van der Waals surface area contributed by atoms with Crippen LogP contribution >= 0.6 is 27.3 Å². The average molecular weight is 461 g/mol. The molecule has 0 saturated carbocycles. The molecule has 1 amide bonds. The lowest BCUT2D eigenvalue weighted by Crippen LogP contribution is -2.48. The van der Waals surface area contributed by atoms with E-state index in [-0.39, 0.29) is 5.91 Å². The number of piperazine rings is 1. The van der Waals surface area contributed by atoms with Crippen LogP contribution in [-0.4, -0.2) is 58.6 Å². The molecule has 1 saturated heterocycles. The molecule has 1 aromatic carbocycles. The minimum atomic E-state index is 0.110.